The predicted octanol–water partition coefficient (Wildman–Crippen LogP) is 3.32. The Bertz CT molecular complexity index is 889. The molecular weight excluding hydrogens is 334 g/mol. The fraction of sp³-hybridized carbons (Fsp3) is 0.222. The van der Waals surface area contributed by atoms with Gasteiger partial charge in [-0.2, -0.15) is 5.10 Å². The summed E-state index contributed by atoms with van der Waals surface area (Å²) < 4.78 is 1.72. The zero-order valence-electron chi connectivity index (χ0n) is 14.4. The first kappa shape index (κ1) is 17.2. The number of carbonyl (C=O) groups is 1. The summed E-state index contributed by atoms with van der Waals surface area (Å²) in [4.78, 5) is 12.1. The third-order valence-corrected chi connectivity index (χ3v) is 4.74. The van der Waals surface area contributed by atoms with Gasteiger partial charge in [0.15, 0.2) is 5.82 Å². The zero-order valence-corrected chi connectivity index (χ0v) is 15.2. The van der Waals surface area contributed by atoms with Crippen molar-refractivity contribution in [3.05, 3.63) is 59.4 Å². The van der Waals surface area contributed by atoms with Crippen molar-refractivity contribution >= 4 is 23.4 Å². The Kier molecular flexibility index (Phi) is 5.14. The minimum atomic E-state index is -0.0675. The van der Waals surface area contributed by atoms with Gasteiger partial charge in [-0.1, -0.05) is 17.8 Å². The maximum atomic E-state index is 12.1. The Morgan fingerprint density at radius 2 is 1.92 bits per heavy atom. The Labute approximate surface area is 150 Å². The number of anilines is 1. The van der Waals surface area contributed by atoms with Gasteiger partial charge in [-0.05, 0) is 62.2 Å². The minimum Gasteiger partial charge on any atom is -0.325 e. The number of carbonyl (C=O) groups excluding carboxylic acids is 1. The predicted molar refractivity (Wildman–Crippen MR) is 99.2 cm³/mol. The van der Waals surface area contributed by atoms with Gasteiger partial charge in [0, 0.05) is 17.6 Å². The summed E-state index contributed by atoms with van der Waals surface area (Å²) in [6.07, 6.45) is 1.72. The van der Waals surface area contributed by atoms with Crippen molar-refractivity contribution in [2.24, 2.45) is 0 Å². The maximum Gasteiger partial charge on any atom is 0.234 e. The largest absolute Gasteiger partial charge is 0.325 e. The fourth-order valence-electron chi connectivity index (χ4n) is 2.27. The summed E-state index contributed by atoms with van der Waals surface area (Å²) in [6, 6.07) is 11.5. The van der Waals surface area contributed by atoms with Gasteiger partial charge in [0.1, 0.15) is 5.03 Å². The summed E-state index contributed by atoms with van der Waals surface area (Å²) in [5.41, 5.74) is 4.16. The lowest BCUT2D eigenvalue weighted by Gasteiger charge is -2.07. The lowest BCUT2D eigenvalue weighted by molar-refractivity contribution is -0.113. The molecule has 0 fully saturated rings. The molecule has 0 saturated carbocycles. The summed E-state index contributed by atoms with van der Waals surface area (Å²) in [7, 11) is 0. The molecule has 7 heteroatoms. The monoisotopic (exact) mass is 353 g/mol. The van der Waals surface area contributed by atoms with E-state index in [1.807, 2.05) is 57.2 Å². The van der Waals surface area contributed by atoms with E-state index in [4.69, 9.17) is 0 Å². The van der Waals surface area contributed by atoms with Crippen molar-refractivity contribution in [2.45, 2.75) is 25.8 Å². The first-order valence-corrected chi connectivity index (χ1v) is 8.86. The molecule has 25 heavy (non-hydrogen) atoms. The molecule has 3 rings (SSSR count). The van der Waals surface area contributed by atoms with E-state index in [-0.39, 0.29) is 11.7 Å². The Morgan fingerprint density at radius 1 is 1.08 bits per heavy atom. The van der Waals surface area contributed by atoms with Gasteiger partial charge in [-0.25, -0.2) is 4.68 Å². The number of nitrogens with one attached hydrogen (secondary N) is 1. The highest BCUT2D eigenvalue weighted by Crippen LogP contribution is 2.18. The number of hydrogen-bond donors (Lipinski definition) is 1. The molecule has 0 aliphatic rings. The van der Waals surface area contributed by atoms with Crippen molar-refractivity contribution in [2.75, 3.05) is 11.1 Å². The highest BCUT2D eigenvalue weighted by molar-refractivity contribution is 7.99. The van der Waals surface area contributed by atoms with Gasteiger partial charge >= 0.3 is 0 Å². The molecule has 0 radical (unpaired) electrons. The standard InChI is InChI=1S/C18H19N5OS/c1-12-4-5-15(10-13(12)2)20-17(24)11-25-18-7-6-16(21-22-18)23-14(3)8-9-19-23/h4-10H,11H2,1-3H3,(H,20,24). The van der Waals surface area contributed by atoms with Crippen molar-refractivity contribution in [3.8, 4) is 5.82 Å². The fourth-order valence-corrected chi connectivity index (χ4v) is 2.88. The van der Waals surface area contributed by atoms with Gasteiger partial charge in [0.25, 0.3) is 0 Å². The Morgan fingerprint density at radius 3 is 2.56 bits per heavy atom. The molecule has 1 aromatic carbocycles. The van der Waals surface area contributed by atoms with Gasteiger partial charge in [-0.3, -0.25) is 4.79 Å². The number of aryl methyl sites for hydroxylation is 3. The summed E-state index contributed by atoms with van der Waals surface area (Å²) in [5, 5.41) is 16.1. The van der Waals surface area contributed by atoms with Crippen molar-refractivity contribution in [1.82, 2.24) is 20.0 Å². The van der Waals surface area contributed by atoms with E-state index in [0.29, 0.717) is 10.8 Å². The molecule has 0 aliphatic heterocycles. The van der Waals surface area contributed by atoms with Crippen LogP contribution >= 0.6 is 11.8 Å². The van der Waals surface area contributed by atoms with E-state index in [0.717, 1.165) is 16.9 Å². The average molecular weight is 353 g/mol. The van der Waals surface area contributed by atoms with E-state index in [2.05, 4.69) is 20.6 Å². The van der Waals surface area contributed by atoms with Crippen LogP contribution in [0.3, 0.4) is 0 Å². The quantitative estimate of drug-likeness (QED) is 0.713. The molecule has 3 aromatic rings. The van der Waals surface area contributed by atoms with Gasteiger partial charge in [0.05, 0.1) is 5.75 Å². The van der Waals surface area contributed by atoms with Crippen molar-refractivity contribution < 1.29 is 4.79 Å². The number of aromatic nitrogens is 4. The number of thioether (sulfide) groups is 1. The van der Waals surface area contributed by atoms with Crippen LogP contribution in [0.1, 0.15) is 16.8 Å². The SMILES string of the molecule is Cc1ccc(NC(=O)CSc2ccc(-n3nccc3C)nn2)cc1C. The molecule has 2 aromatic heterocycles. The van der Waals surface area contributed by atoms with E-state index in [1.54, 1.807) is 10.9 Å². The van der Waals surface area contributed by atoms with Crippen LogP contribution in [-0.2, 0) is 4.79 Å². The summed E-state index contributed by atoms with van der Waals surface area (Å²) in [6.45, 7) is 6.02. The van der Waals surface area contributed by atoms with Crippen LogP contribution < -0.4 is 5.32 Å². The maximum absolute atomic E-state index is 12.1. The Hall–Kier alpha value is -2.67. The number of nitrogens with zero attached hydrogens (tertiary/aromatic N) is 4. The van der Waals surface area contributed by atoms with Crippen LogP contribution in [0.25, 0.3) is 5.82 Å². The van der Waals surface area contributed by atoms with E-state index in [9.17, 15) is 4.79 Å². The molecule has 0 atom stereocenters. The Balaban J connectivity index is 1.57. The van der Waals surface area contributed by atoms with Crippen LogP contribution in [-0.4, -0.2) is 31.6 Å². The third-order valence-electron chi connectivity index (χ3n) is 3.82. The molecule has 0 aliphatic carbocycles. The molecular formula is C18H19N5OS. The molecule has 6 nitrogen and oxygen atoms in total. The molecule has 1 N–H and O–H groups in total. The number of amides is 1. The van der Waals surface area contributed by atoms with Gasteiger partial charge < -0.3 is 5.32 Å². The third kappa shape index (κ3) is 4.24. The second-order valence-corrected chi connectivity index (χ2v) is 6.75. The lowest BCUT2D eigenvalue weighted by Crippen LogP contribution is -2.14. The van der Waals surface area contributed by atoms with Crippen LogP contribution in [0.15, 0.2) is 47.6 Å². The van der Waals surface area contributed by atoms with E-state index in [1.165, 1.54) is 17.3 Å². The van der Waals surface area contributed by atoms with E-state index < -0.39 is 0 Å². The van der Waals surface area contributed by atoms with E-state index >= 15 is 0 Å². The van der Waals surface area contributed by atoms with Gasteiger partial charge in [0.2, 0.25) is 5.91 Å². The molecule has 0 unspecified atom stereocenters. The highest BCUT2D eigenvalue weighted by atomic mass is 32.2. The van der Waals surface area contributed by atoms with Crippen LogP contribution in [0.4, 0.5) is 5.69 Å². The second kappa shape index (κ2) is 7.48. The van der Waals surface area contributed by atoms with Gasteiger partial charge in [-0.15, -0.1) is 10.2 Å². The first-order chi connectivity index (χ1) is 12.0. The number of hydrogen-bond acceptors (Lipinski definition) is 5. The second-order valence-electron chi connectivity index (χ2n) is 5.75. The number of rotatable bonds is 5. The van der Waals surface area contributed by atoms with Crippen LogP contribution in [0.5, 0.6) is 0 Å². The molecule has 0 bridgehead atoms. The first-order valence-electron chi connectivity index (χ1n) is 7.87. The normalized spacial score (nSPS) is 10.7. The molecule has 0 saturated heterocycles. The molecule has 128 valence electrons. The summed E-state index contributed by atoms with van der Waals surface area (Å²) in [5.74, 6) is 0.871. The van der Waals surface area contributed by atoms with Crippen molar-refractivity contribution in [3.63, 3.8) is 0 Å². The number of benzene rings is 1. The average Bonchev–Trinajstić information content (AvgIpc) is 3.03. The molecule has 0 spiro atoms. The zero-order chi connectivity index (χ0) is 17.8. The topological polar surface area (TPSA) is 72.7 Å². The molecule has 1 amide bonds. The van der Waals surface area contributed by atoms with Crippen molar-refractivity contribution in [1.29, 1.82) is 0 Å². The smallest absolute Gasteiger partial charge is 0.234 e. The van der Waals surface area contributed by atoms with Crippen LogP contribution in [0, 0.1) is 20.8 Å². The molecule has 2 heterocycles. The lowest BCUT2D eigenvalue weighted by atomic mass is 10.1. The summed E-state index contributed by atoms with van der Waals surface area (Å²) >= 11 is 1.35. The minimum absolute atomic E-state index is 0.0675. The highest BCUT2D eigenvalue weighted by Gasteiger charge is 2.07. The van der Waals surface area contributed by atoms with Crippen LogP contribution in [0.2, 0.25) is 0 Å².